The highest BCUT2D eigenvalue weighted by Gasteiger charge is 2.25. The quantitative estimate of drug-likeness (QED) is 0.167. The molecule has 0 radical (unpaired) electrons. The first-order valence-corrected chi connectivity index (χ1v) is 14.6. The molecular formula is C27H23ClF4N6O3S. The lowest BCUT2D eigenvalue weighted by molar-refractivity contribution is 0.254. The van der Waals surface area contributed by atoms with Crippen LogP contribution < -0.4 is 20.1 Å². The van der Waals surface area contributed by atoms with Crippen LogP contribution in [0.1, 0.15) is 12.0 Å². The number of anilines is 2. The van der Waals surface area contributed by atoms with E-state index in [1.807, 2.05) is 4.72 Å². The molecule has 0 unspecified atom stereocenters. The molecule has 1 fully saturated rings. The molecule has 4 aromatic rings. The lowest BCUT2D eigenvalue weighted by atomic mass is 10.1. The van der Waals surface area contributed by atoms with Crippen LogP contribution in [0.15, 0.2) is 60.9 Å². The summed E-state index contributed by atoms with van der Waals surface area (Å²) in [6.07, 6.45) is 2.08. The summed E-state index contributed by atoms with van der Waals surface area (Å²) in [6.45, 7) is 0.795. The second-order valence-corrected chi connectivity index (χ2v) is 11.5. The largest absolute Gasteiger partial charge is 0.434 e. The molecule has 0 bridgehead atoms. The summed E-state index contributed by atoms with van der Waals surface area (Å²) >= 11 is 6.19. The molecule has 0 aliphatic carbocycles. The predicted octanol–water partition coefficient (Wildman–Crippen LogP) is 5.46. The second kappa shape index (κ2) is 12.5. The molecule has 42 heavy (non-hydrogen) atoms. The van der Waals surface area contributed by atoms with Gasteiger partial charge in [-0.2, -0.15) is 4.39 Å². The summed E-state index contributed by atoms with van der Waals surface area (Å²) in [6, 6.07) is 10.4. The zero-order chi connectivity index (χ0) is 29.9. The van der Waals surface area contributed by atoms with Gasteiger partial charge in [0.25, 0.3) is 0 Å². The van der Waals surface area contributed by atoms with Crippen molar-refractivity contribution in [2.24, 2.45) is 0 Å². The van der Waals surface area contributed by atoms with Crippen LogP contribution in [-0.2, 0) is 15.8 Å². The molecule has 1 aliphatic rings. The molecule has 3 N–H and O–H groups in total. The van der Waals surface area contributed by atoms with E-state index < -0.39 is 55.9 Å². The van der Waals surface area contributed by atoms with Crippen molar-refractivity contribution in [1.82, 2.24) is 20.3 Å². The summed E-state index contributed by atoms with van der Waals surface area (Å²) < 4.78 is 90.5. The van der Waals surface area contributed by atoms with Crippen molar-refractivity contribution in [1.29, 1.82) is 0 Å². The van der Waals surface area contributed by atoms with Gasteiger partial charge in [-0.15, -0.1) is 0 Å². The zero-order valence-electron chi connectivity index (χ0n) is 21.6. The van der Waals surface area contributed by atoms with Crippen LogP contribution in [0.25, 0.3) is 11.3 Å². The first kappa shape index (κ1) is 29.5. The summed E-state index contributed by atoms with van der Waals surface area (Å²) in [7, 11) is -4.35. The van der Waals surface area contributed by atoms with Crippen LogP contribution in [0.3, 0.4) is 0 Å². The predicted molar refractivity (Wildman–Crippen MR) is 149 cm³/mol. The van der Waals surface area contributed by atoms with Crippen molar-refractivity contribution >= 4 is 33.3 Å². The Morgan fingerprint density at radius 1 is 1.02 bits per heavy atom. The van der Waals surface area contributed by atoms with Gasteiger partial charge in [0.2, 0.25) is 27.7 Å². The number of ether oxygens (including phenoxy) is 1. The molecular weight excluding hydrogens is 600 g/mol. The highest BCUT2D eigenvalue weighted by molar-refractivity contribution is 7.91. The number of sulfonamides is 1. The monoisotopic (exact) mass is 622 g/mol. The van der Waals surface area contributed by atoms with E-state index in [2.05, 4.69) is 25.6 Å². The van der Waals surface area contributed by atoms with E-state index in [4.69, 9.17) is 16.3 Å². The van der Waals surface area contributed by atoms with Crippen molar-refractivity contribution in [3.05, 3.63) is 89.0 Å². The van der Waals surface area contributed by atoms with E-state index in [0.29, 0.717) is 12.2 Å². The zero-order valence-corrected chi connectivity index (χ0v) is 23.2. The molecule has 5 rings (SSSR count). The molecule has 1 aliphatic heterocycles. The second-order valence-electron chi connectivity index (χ2n) is 9.37. The lowest BCUT2D eigenvalue weighted by Crippen LogP contribution is -2.44. The minimum atomic E-state index is -4.35. The molecule has 2 atom stereocenters. The van der Waals surface area contributed by atoms with Gasteiger partial charge in [0.05, 0.1) is 27.7 Å². The minimum absolute atomic E-state index is 0.162. The third-order valence-corrected chi connectivity index (χ3v) is 7.72. The number of nitrogens with zero attached hydrogens (tertiary/aromatic N) is 3. The Kier molecular flexibility index (Phi) is 8.75. The van der Waals surface area contributed by atoms with Crippen LogP contribution in [0, 0.1) is 17.5 Å². The maximum atomic E-state index is 15.2. The number of hydrogen-bond acceptors (Lipinski definition) is 8. The molecule has 1 saturated heterocycles. The van der Waals surface area contributed by atoms with Gasteiger partial charge in [-0.1, -0.05) is 29.8 Å². The van der Waals surface area contributed by atoms with Crippen molar-refractivity contribution in [3.8, 4) is 22.9 Å². The number of hydrogen-bond donors (Lipinski definition) is 3. The molecule has 2 aromatic carbocycles. The molecule has 0 spiro atoms. The number of halogens is 5. The number of nitrogens with one attached hydrogen (secondary N) is 3. The third-order valence-electron chi connectivity index (χ3n) is 6.22. The van der Waals surface area contributed by atoms with Crippen LogP contribution in [0.5, 0.6) is 11.6 Å². The molecule has 0 saturated carbocycles. The number of piperidine rings is 1. The highest BCUT2D eigenvalue weighted by atomic mass is 35.5. The van der Waals surface area contributed by atoms with Gasteiger partial charge in [-0.05, 0) is 30.3 Å². The Balaban J connectivity index is 1.38. The lowest BCUT2D eigenvalue weighted by Gasteiger charge is -2.26. The SMILES string of the molecule is O=S(=O)(Cc1ccccc1F)Nc1cc(Cl)c(Oc2ncccc2-c2ccnc(N[C@@H]3CNC[C@@H](F)C3)n2)c(F)c1F. The van der Waals surface area contributed by atoms with Crippen molar-refractivity contribution in [2.75, 3.05) is 23.1 Å². The van der Waals surface area contributed by atoms with E-state index in [-0.39, 0.29) is 42.0 Å². The van der Waals surface area contributed by atoms with E-state index in [1.54, 1.807) is 12.1 Å². The highest BCUT2D eigenvalue weighted by Crippen LogP contribution is 2.39. The molecule has 3 heterocycles. The summed E-state index contributed by atoms with van der Waals surface area (Å²) in [4.78, 5) is 12.7. The van der Waals surface area contributed by atoms with Gasteiger partial charge in [0.15, 0.2) is 11.6 Å². The Morgan fingerprint density at radius 2 is 1.83 bits per heavy atom. The molecule has 15 heteroatoms. The molecule has 2 aromatic heterocycles. The topological polar surface area (TPSA) is 118 Å². The Hall–Kier alpha value is -4.01. The van der Waals surface area contributed by atoms with E-state index in [0.717, 1.165) is 12.1 Å². The smallest absolute Gasteiger partial charge is 0.237 e. The van der Waals surface area contributed by atoms with Gasteiger partial charge in [0.1, 0.15) is 12.0 Å². The fraction of sp³-hybridized carbons (Fsp3) is 0.222. The minimum Gasteiger partial charge on any atom is -0.434 e. The Morgan fingerprint density at radius 3 is 2.62 bits per heavy atom. The Bertz CT molecular complexity index is 1720. The number of rotatable bonds is 9. The fourth-order valence-electron chi connectivity index (χ4n) is 4.29. The summed E-state index contributed by atoms with van der Waals surface area (Å²) in [5, 5.41) is 5.58. The normalized spacial score (nSPS) is 17.1. The average molecular weight is 623 g/mol. The summed E-state index contributed by atoms with van der Waals surface area (Å²) in [5.74, 6) is -5.49. The van der Waals surface area contributed by atoms with Gasteiger partial charge in [0, 0.05) is 43.5 Å². The third kappa shape index (κ3) is 6.89. The number of pyridine rings is 1. The van der Waals surface area contributed by atoms with Crippen LogP contribution >= 0.6 is 11.6 Å². The fourth-order valence-corrected chi connectivity index (χ4v) is 5.72. The first-order valence-electron chi connectivity index (χ1n) is 12.6. The maximum Gasteiger partial charge on any atom is 0.237 e. The molecule has 220 valence electrons. The first-order chi connectivity index (χ1) is 20.1. The van der Waals surface area contributed by atoms with E-state index >= 15 is 8.78 Å². The average Bonchev–Trinajstić information content (AvgIpc) is 2.95. The van der Waals surface area contributed by atoms with Crippen molar-refractivity contribution in [3.63, 3.8) is 0 Å². The van der Waals surface area contributed by atoms with Gasteiger partial charge >= 0.3 is 0 Å². The van der Waals surface area contributed by atoms with Crippen LogP contribution in [0.4, 0.5) is 29.2 Å². The molecule has 9 nitrogen and oxygen atoms in total. The van der Waals surface area contributed by atoms with E-state index in [9.17, 15) is 17.2 Å². The van der Waals surface area contributed by atoms with Crippen molar-refractivity contribution in [2.45, 2.75) is 24.4 Å². The van der Waals surface area contributed by atoms with Gasteiger partial charge in [-0.3, -0.25) is 4.72 Å². The van der Waals surface area contributed by atoms with Crippen molar-refractivity contribution < 1.29 is 30.7 Å². The maximum absolute atomic E-state index is 15.2. The summed E-state index contributed by atoms with van der Waals surface area (Å²) in [5.41, 5.74) is -0.365. The number of benzene rings is 2. The van der Waals surface area contributed by atoms with Gasteiger partial charge < -0.3 is 15.4 Å². The Labute approximate surface area is 243 Å². The van der Waals surface area contributed by atoms with E-state index in [1.165, 1.54) is 36.7 Å². The van der Waals surface area contributed by atoms with Gasteiger partial charge in [-0.25, -0.2) is 36.5 Å². The molecule has 0 amide bonds. The number of alkyl halides is 1. The van der Waals surface area contributed by atoms with Crippen LogP contribution in [0.2, 0.25) is 5.02 Å². The standard InChI is InChI=1S/C27H23ClF4N6O3S/c28-19-11-22(38-42(39,40)14-15-4-1-2-6-20(15)30)23(31)24(32)25(19)41-26-18(5-3-8-34-26)21-7-9-35-27(37-21)36-17-10-16(29)12-33-13-17/h1-9,11,16-17,33,38H,10,12-14H2,(H,35,36,37)/t16-,17-/m0/s1. The van der Waals surface area contributed by atoms with Crippen LogP contribution in [-0.4, -0.2) is 48.7 Å². The number of aromatic nitrogens is 3.